The number of carbonyl (C=O) groups excluding carboxylic acids is 2. The Morgan fingerprint density at radius 3 is 3.12 bits per heavy atom. The van der Waals surface area contributed by atoms with Crippen molar-refractivity contribution in [3.63, 3.8) is 0 Å². The Kier molecular flexibility index (Phi) is 3.10. The van der Waals surface area contributed by atoms with Crippen molar-refractivity contribution in [1.29, 1.82) is 0 Å². The summed E-state index contributed by atoms with van der Waals surface area (Å²) < 4.78 is 4.47. The number of ether oxygens (including phenoxy) is 1. The van der Waals surface area contributed by atoms with E-state index in [1.807, 2.05) is 12.1 Å². The van der Waals surface area contributed by atoms with Crippen LogP contribution in [0.3, 0.4) is 0 Å². The smallest absolute Gasteiger partial charge is 0.317 e. The van der Waals surface area contributed by atoms with Gasteiger partial charge in [0, 0.05) is 17.7 Å². The van der Waals surface area contributed by atoms with E-state index in [9.17, 15) is 9.59 Å². The van der Waals surface area contributed by atoms with Gasteiger partial charge in [-0.15, -0.1) is 0 Å². The lowest BCUT2D eigenvalue weighted by Gasteiger charge is -1.96. The third-order valence-corrected chi connectivity index (χ3v) is 2.49. The summed E-state index contributed by atoms with van der Waals surface area (Å²) in [6.45, 7) is 0.573. The van der Waals surface area contributed by atoms with E-state index in [0.29, 0.717) is 12.1 Å². The molecule has 0 spiro atoms. The van der Waals surface area contributed by atoms with Gasteiger partial charge in [0.15, 0.2) is 0 Å². The van der Waals surface area contributed by atoms with Gasteiger partial charge < -0.3 is 10.1 Å². The minimum Gasteiger partial charge on any atom is -0.468 e. The molecule has 0 aromatic heterocycles. The monoisotopic (exact) mass is 229 g/mol. The molecule has 86 valence electrons. The van der Waals surface area contributed by atoms with Crippen LogP contribution in [0, 0.1) is 11.8 Å². The van der Waals surface area contributed by atoms with Crippen LogP contribution in [0.4, 0.5) is 0 Å². The van der Waals surface area contributed by atoms with Crippen molar-refractivity contribution < 1.29 is 14.3 Å². The molecule has 0 radical (unpaired) electrons. The van der Waals surface area contributed by atoms with Gasteiger partial charge in [-0.1, -0.05) is 17.9 Å². The number of methoxy groups -OCH3 is 1. The Bertz CT molecular complexity index is 537. The summed E-state index contributed by atoms with van der Waals surface area (Å²) in [5.41, 5.74) is 2.37. The fourth-order valence-electron chi connectivity index (χ4n) is 1.58. The number of nitrogens with one attached hydrogen (secondary N) is 1. The number of benzene rings is 1. The standard InChI is InChI=1S/C13H11NO3/c1-17-12(15)4-2-3-9-5-6-10-8-14-13(16)11(10)7-9/h5-7H,4,8H2,1H3,(H,14,16). The summed E-state index contributed by atoms with van der Waals surface area (Å²) >= 11 is 0. The Hall–Kier alpha value is -2.28. The van der Waals surface area contributed by atoms with Gasteiger partial charge in [-0.3, -0.25) is 9.59 Å². The Morgan fingerprint density at radius 2 is 2.35 bits per heavy atom. The predicted octanol–water partition coefficient (Wildman–Crippen LogP) is 0.845. The molecular formula is C13H11NO3. The molecule has 2 rings (SSSR count). The molecule has 0 unspecified atom stereocenters. The molecule has 1 N–H and O–H groups in total. The summed E-state index contributed by atoms with van der Waals surface area (Å²) in [5, 5.41) is 2.73. The maximum atomic E-state index is 11.4. The minimum absolute atomic E-state index is 0.0553. The first kappa shape index (κ1) is 11.2. The molecule has 4 heteroatoms. The number of rotatable bonds is 1. The van der Waals surface area contributed by atoms with Crippen LogP contribution in [0.1, 0.15) is 27.9 Å². The van der Waals surface area contributed by atoms with E-state index in [0.717, 1.165) is 11.1 Å². The number of fused-ring (bicyclic) bond motifs is 1. The molecular weight excluding hydrogens is 218 g/mol. The summed E-state index contributed by atoms with van der Waals surface area (Å²) in [6.07, 6.45) is 0.0553. The first-order valence-corrected chi connectivity index (χ1v) is 5.17. The molecule has 1 aromatic carbocycles. The van der Waals surface area contributed by atoms with E-state index >= 15 is 0 Å². The Balaban J connectivity index is 2.16. The van der Waals surface area contributed by atoms with Gasteiger partial charge in [0.25, 0.3) is 5.91 Å². The van der Waals surface area contributed by atoms with Gasteiger partial charge in [0.05, 0.1) is 7.11 Å². The fraction of sp³-hybridized carbons (Fsp3) is 0.231. The molecule has 0 saturated heterocycles. The number of hydrogen-bond donors (Lipinski definition) is 1. The second-order valence-electron chi connectivity index (χ2n) is 3.61. The van der Waals surface area contributed by atoms with Crippen molar-refractivity contribution >= 4 is 11.9 Å². The molecule has 1 heterocycles. The molecule has 0 aliphatic carbocycles. The molecule has 1 amide bonds. The summed E-state index contributed by atoms with van der Waals surface area (Å²) in [7, 11) is 1.32. The second kappa shape index (κ2) is 4.71. The van der Waals surface area contributed by atoms with Crippen LogP contribution in [0.25, 0.3) is 0 Å². The summed E-state index contributed by atoms with van der Waals surface area (Å²) in [5.74, 6) is 5.09. The van der Waals surface area contributed by atoms with Crippen LogP contribution in [0.5, 0.6) is 0 Å². The SMILES string of the molecule is COC(=O)CC#Cc1ccc2c(c1)C(=O)NC2. The quantitative estimate of drug-likeness (QED) is 0.573. The highest BCUT2D eigenvalue weighted by molar-refractivity contribution is 5.98. The van der Waals surface area contributed by atoms with Crippen molar-refractivity contribution in [1.82, 2.24) is 5.32 Å². The molecule has 0 atom stereocenters. The summed E-state index contributed by atoms with van der Waals surface area (Å²) in [6, 6.07) is 5.45. The van der Waals surface area contributed by atoms with E-state index in [4.69, 9.17) is 0 Å². The predicted molar refractivity (Wildman–Crippen MR) is 61.1 cm³/mol. The van der Waals surface area contributed by atoms with Crippen LogP contribution >= 0.6 is 0 Å². The summed E-state index contributed by atoms with van der Waals surface area (Å²) in [4.78, 5) is 22.3. The van der Waals surface area contributed by atoms with E-state index in [2.05, 4.69) is 21.9 Å². The second-order valence-corrected chi connectivity index (χ2v) is 3.61. The van der Waals surface area contributed by atoms with Gasteiger partial charge in [0.2, 0.25) is 0 Å². The van der Waals surface area contributed by atoms with Crippen LogP contribution in [0.2, 0.25) is 0 Å². The van der Waals surface area contributed by atoms with Crippen molar-refractivity contribution in [3.8, 4) is 11.8 Å². The third-order valence-electron chi connectivity index (χ3n) is 2.49. The zero-order chi connectivity index (χ0) is 12.3. The Labute approximate surface area is 99.0 Å². The average molecular weight is 229 g/mol. The number of hydrogen-bond acceptors (Lipinski definition) is 3. The van der Waals surface area contributed by atoms with Crippen LogP contribution in [-0.2, 0) is 16.1 Å². The molecule has 1 aliphatic rings. The maximum Gasteiger partial charge on any atom is 0.317 e. The molecule has 0 bridgehead atoms. The largest absolute Gasteiger partial charge is 0.468 e. The van der Waals surface area contributed by atoms with Crippen molar-refractivity contribution in [2.45, 2.75) is 13.0 Å². The average Bonchev–Trinajstić information content (AvgIpc) is 2.71. The minimum atomic E-state index is -0.364. The molecule has 1 aromatic rings. The molecule has 0 fully saturated rings. The topological polar surface area (TPSA) is 55.4 Å². The molecule has 1 aliphatic heterocycles. The zero-order valence-electron chi connectivity index (χ0n) is 9.37. The third kappa shape index (κ3) is 2.45. The van der Waals surface area contributed by atoms with Crippen molar-refractivity contribution in [3.05, 3.63) is 34.9 Å². The number of esters is 1. The normalized spacial score (nSPS) is 12.2. The number of carbonyl (C=O) groups is 2. The lowest BCUT2D eigenvalue weighted by Crippen LogP contribution is -2.12. The highest BCUT2D eigenvalue weighted by Gasteiger charge is 2.17. The van der Waals surface area contributed by atoms with E-state index in [1.165, 1.54) is 7.11 Å². The molecule has 17 heavy (non-hydrogen) atoms. The van der Waals surface area contributed by atoms with Gasteiger partial charge in [0.1, 0.15) is 6.42 Å². The lowest BCUT2D eigenvalue weighted by atomic mass is 10.1. The lowest BCUT2D eigenvalue weighted by molar-refractivity contribution is -0.139. The van der Waals surface area contributed by atoms with Crippen molar-refractivity contribution in [2.24, 2.45) is 0 Å². The Morgan fingerprint density at radius 1 is 1.53 bits per heavy atom. The van der Waals surface area contributed by atoms with Gasteiger partial charge >= 0.3 is 5.97 Å². The first-order chi connectivity index (χ1) is 8.20. The molecule has 0 saturated carbocycles. The van der Waals surface area contributed by atoms with E-state index in [-0.39, 0.29) is 18.3 Å². The molecule has 4 nitrogen and oxygen atoms in total. The van der Waals surface area contributed by atoms with Crippen LogP contribution < -0.4 is 5.32 Å². The number of amides is 1. The zero-order valence-corrected chi connectivity index (χ0v) is 9.37. The van der Waals surface area contributed by atoms with Gasteiger partial charge in [-0.2, -0.15) is 0 Å². The van der Waals surface area contributed by atoms with E-state index < -0.39 is 0 Å². The fourth-order valence-corrected chi connectivity index (χ4v) is 1.58. The van der Waals surface area contributed by atoms with Gasteiger partial charge in [-0.05, 0) is 17.7 Å². The van der Waals surface area contributed by atoms with E-state index in [1.54, 1.807) is 6.07 Å². The first-order valence-electron chi connectivity index (χ1n) is 5.17. The van der Waals surface area contributed by atoms with Crippen molar-refractivity contribution in [2.75, 3.05) is 7.11 Å². The van der Waals surface area contributed by atoms with Crippen LogP contribution in [-0.4, -0.2) is 19.0 Å². The highest BCUT2D eigenvalue weighted by atomic mass is 16.5. The highest BCUT2D eigenvalue weighted by Crippen LogP contribution is 2.16. The maximum absolute atomic E-state index is 11.4. The van der Waals surface area contributed by atoms with Gasteiger partial charge in [-0.25, -0.2) is 0 Å². The van der Waals surface area contributed by atoms with Crippen LogP contribution in [0.15, 0.2) is 18.2 Å².